The zero-order valence-corrected chi connectivity index (χ0v) is 12.1. The summed E-state index contributed by atoms with van der Waals surface area (Å²) in [5.74, 6) is -2.02. The van der Waals surface area contributed by atoms with E-state index in [0.717, 1.165) is 11.1 Å². The van der Waals surface area contributed by atoms with Gasteiger partial charge >= 0.3 is 0 Å². The minimum absolute atomic E-state index is 0.0961. The zero-order chi connectivity index (χ0) is 15.6. The maximum atomic E-state index is 14.2. The van der Waals surface area contributed by atoms with E-state index in [1.807, 2.05) is 31.2 Å². The Balaban J connectivity index is 2.49. The molecule has 21 heavy (non-hydrogen) atoms. The fraction of sp³-hybridized carbons (Fsp3) is 0.294. The van der Waals surface area contributed by atoms with Gasteiger partial charge in [0.2, 0.25) is 0 Å². The number of hydrogen-bond donors (Lipinski definition) is 2. The number of benzene rings is 2. The molecular formula is C17H19F2NO. The number of rotatable bonds is 4. The molecule has 112 valence electrons. The molecule has 0 spiro atoms. The summed E-state index contributed by atoms with van der Waals surface area (Å²) in [7, 11) is 0. The third-order valence-electron chi connectivity index (χ3n) is 3.84. The molecule has 0 radical (unpaired) electrons. The topological polar surface area (TPSA) is 46.2 Å². The fourth-order valence-corrected chi connectivity index (χ4v) is 2.58. The van der Waals surface area contributed by atoms with Crippen LogP contribution in [0.25, 0.3) is 0 Å². The molecule has 2 aromatic carbocycles. The molecule has 0 aliphatic heterocycles. The smallest absolute Gasteiger partial charge is 0.134 e. The molecule has 3 N–H and O–H groups in total. The van der Waals surface area contributed by atoms with E-state index in [-0.39, 0.29) is 12.1 Å². The second-order valence-electron chi connectivity index (χ2n) is 5.24. The number of aryl methyl sites for hydroxylation is 2. The lowest BCUT2D eigenvalue weighted by molar-refractivity contribution is 0.138. The van der Waals surface area contributed by atoms with Gasteiger partial charge in [0.25, 0.3) is 0 Å². The van der Waals surface area contributed by atoms with Crippen molar-refractivity contribution in [1.82, 2.24) is 0 Å². The molecule has 0 amide bonds. The first-order valence-electron chi connectivity index (χ1n) is 6.85. The van der Waals surface area contributed by atoms with Crippen molar-refractivity contribution in [1.29, 1.82) is 0 Å². The molecule has 0 heterocycles. The van der Waals surface area contributed by atoms with Crippen LogP contribution in [-0.2, 0) is 0 Å². The highest BCUT2D eigenvalue weighted by Gasteiger charge is 2.28. The Morgan fingerprint density at radius 1 is 1.05 bits per heavy atom. The minimum atomic E-state index is -1.32. The van der Waals surface area contributed by atoms with Gasteiger partial charge in [0, 0.05) is 12.5 Å². The third-order valence-corrected chi connectivity index (χ3v) is 3.84. The van der Waals surface area contributed by atoms with Crippen molar-refractivity contribution in [2.45, 2.75) is 25.9 Å². The highest BCUT2D eigenvalue weighted by atomic mass is 19.1. The lowest BCUT2D eigenvalue weighted by Gasteiger charge is -2.25. The average molecular weight is 291 g/mol. The van der Waals surface area contributed by atoms with E-state index in [0.29, 0.717) is 5.56 Å². The van der Waals surface area contributed by atoms with Crippen molar-refractivity contribution in [3.05, 3.63) is 70.3 Å². The molecule has 2 aromatic rings. The quantitative estimate of drug-likeness (QED) is 0.907. The summed E-state index contributed by atoms with van der Waals surface area (Å²) < 4.78 is 28.1. The van der Waals surface area contributed by atoms with E-state index in [1.165, 1.54) is 19.1 Å². The fourth-order valence-electron chi connectivity index (χ4n) is 2.58. The highest BCUT2D eigenvalue weighted by molar-refractivity contribution is 5.35. The maximum absolute atomic E-state index is 14.2. The monoisotopic (exact) mass is 291 g/mol. The van der Waals surface area contributed by atoms with Crippen LogP contribution >= 0.6 is 0 Å². The van der Waals surface area contributed by atoms with Crippen LogP contribution in [0.3, 0.4) is 0 Å². The summed E-state index contributed by atoms with van der Waals surface area (Å²) >= 11 is 0. The largest absolute Gasteiger partial charge is 0.388 e. The number of halogens is 2. The van der Waals surface area contributed by atoms with E-state index in [1.54, 1.807) is 0 Å². The molecule has 0 aromatic heterocycles. The highest BCUT2D eigenvalue weighted by Crippen LogP contribution is 2.35. The van der Waals surface area contributed by atoms with Gasteiger partial charge in [-0.3, -0.25) is 0 Å². The van der Waals surface area contributed by atoms with Gasteiger partial charge in [0.15, 0.2) is 0 Å². The van der Waals surface area contributed by atoms with Gasteiger partial charge in [0.05, 0.1) is 11.7 Å². The van der Waals surface area contributed by atoms with E-state index < -0.39 is 23.7 Å². The predicted octanol–water partition coefficient (Wildman–Crippen LogP) is 3.36. The summed E-state index contributed by atoms with van der Waals surface area (Å²) in [6.45, 7) is 3.52. The van der Waals surface area contributed by atoms with Crippen molar-refractivity contribution in [2.75, 3.05) is 6.54 Å². The molecule has 0 fully saturated rings. The summed E-state index contributed by atoms with van der Waals surface area (Å²) in [6, 6.07) is 9.91. The van der Waals surface area contributed by atoms with E-state index in [9.17, 15) is 13.9 Å². The van der Waals surface area contributed by atoms with Crippen LogP contribution in [-0.4, -0.2) is 11.7 Å². The Bertz CT molecular complexity index is 643. The Hall–Kier alpha value is -1.78. The molecular weight excluding hydrogens is 272 g/mol. The van der Waals surface area contributed by atoms with Crippen LogP contribution in [0.15, 0.2) is 36.4 Å². The number of aliphatic hydroxyl groups excluding tert-OH is 1. The van der Waals surface area contributed by atoms with Gasteiger partial charge in [-0.1, -0.05) is 30.3 Å². The van der Waals surface area contributed by atoms with Gasteiger partial charge in [-0.2, -0.15) is 0 Å². The van der Waals surface area contributed by atoms with Crippen molar-refractivity contribution in [3.8, 4) is 0 Å². The molecule has 2 rings (SSSR count). The van der Waals surface area contributed by atoms with Crippen molar-refractivity contribution in [2.24, 2.45) is 5.73 Å². The molecule has 2 unspecified atom stereocenters. The predicted molar refractivity (Wildman–Crippen MR) is 79.0 cm³/mol. The molecule has 0 saturated heterocycles. The molecule has 0 saturated carbocycles. The van der Waals surface area contributed by atoms with E-state index in [4.69, 9.17) is 5.73 Å². The van der Waals surface area contributed by atoms with Crippen molar-refractivity contribution >= 4 is 0 Å². The van der Waals surface area contributed by atoms with Crippen LogP contribution in [0.5, 0.6) is 0 Å². The Kier molecular flexibility index (Phi) is 4.70. The number of hydrogen-bond acceptors (Lipinski definition) is 2. The van der Waals surface area contributed by atoms with Crippen LogP contribution in [0.2, 0.25) is 0 Å². The second kappa shape index (κ2) is 6.33. The van der Waals surface area contributed by atoms with Crippen molar-refractivity contribution < 1.29 is 13.9 Å². The molecule has 0 aliphatic carbocycles. The first-order chi connectivity index (χ1) is 9.97. The lowest BCUT2D eigenvalue weighted by Crippen LogP contribution is -2.23. The van der Waals surface area contributed by atoms with Gasteiger partial charge in [-0.05, 0) is 36.6 Å². The normalized spacial score (nSPS) is 14.0. The minimum Gasteiger partial charge on any atom is -0.388 e. The SMILES string of the molecule is Cc1ccccc1C(CN)C(O)c1c(F)ccc(C)c1F. The Labute approximate surface area is 123 Å². The zero-order valence-electron chi connectivity index (χ0n) is 12.1. The van der Waals surface area contributed by atoms with E-state index >= 15 is 0 Å². The van der Waals surface area contributed by atoms with Gasteiger partial charge in [-0.25, -0.2) is 8.78 Å². The molecule has 0 aliphatic rings. The maximum Gasteiger partial charge on any atom is 0.134 e. The van der Waals surface area contributed by atoms with Gasteiger partial charge in [0.1, 0.15) is 11.6 Å². The first kappa shape index (κ1) is 15.6. The molecule has 2 atom stereocenters. The summed E-state index contributed by atoms with van der Waals surface area (Å²) in [5, 5.41) is 10.5. The number of aliphatic hydroxyl groups is 1. The van der Waals surface area contributed by atoms with Crippen LogP contribution in [0, 0.1) is 25.5 Å². The Morgan fingerprint density at radius 3 is 2.33 bits per heavy atom. The first-order valence-corrected chi connectivity index (χ1v) is 6.85. The summed E-state index contributed by atoms with van der Waals surface area (Å²) in [6.07, 6.45) is -1.32. The van der Waals surface area contributed by atoms with Crippen LogP contribution in [0.4, 0.5) is 8.78 Å². The number of nitrogens with two attached hydrogens (primary N) is 1. The Morgan fingerprint density at radius 2 is 1.71 bits per heavy atom. The molecule has 4 heteroatoms. The molecule has 2 nitrogen and oxygen atoms in total. The standard InChI is InChI=1S/C17H19F2NO/c1-10-5-3-4-6-12(10)13(9-20)17(21)15-14(18)8-7-11(2)16(15)19/h3-8,13,17,21H,9,20H2,1-2H3. The van der Waals surface area contributed by atoms with Crippen LogP contribution in [0.1, 0.15) is 34.3 Å². The van der Waals surface area contributed by atoms with Gasteiger partial charge < -0.3 is 10.8 Å². The summed E-state index contributed by atoms with van der Waals surface area (Å²) in [5.41, 5.74) is 7.46. The molecule has 0 bridgehead atoms. The lowest BCUT2D eigenvalue weighted by atomic mass is 9.86. The van der Waals surface area contributed by atoms with E-state index in [2.05, 4.69) is 0 Å². The second-order valence-corrected chi connectivity index (χ2v) is 5.24. The van der Waals surface area contributed by atoms with Gasteiger partial charge in [-0.15, -0.1) is 0 Å². The van der Waals surface area contributed by atoms with Crippen molar-refractivity contribution in [3.63, 3.8) is 0 Å². The average Bonchev–Trinajstić information content (AvgIpc) is 2.46. The van der Waals surface area contributed by atoms with Crippen LogP contribution < -0.4 is 5.73 Å². The summed E-state index contributed by atoms with van der Waals surface area (Å²) in [4.78, 5) is 0. The third kappa shape index (κ3) is 2.96.